The smallest absolute Gasteiger partial charge is 0.416 e. The summed E-state index contributed by atoms with van der Waals surface area (Å²) in [5.41, 5.74) is 3.11. The monoisotopic (exact) mass is 661 g/mol. The number of hydrogen-bond acceptors (Lipinski definition) is 7. The van der Waals surface area contributed by atoms with Crippen LogP contribution in [-0.4, -0.2) is 38.4 Å². The molecule has 3 aliphatic carbocycles. The summed E-state index contributed by atoms with van der Waals surface area (Å²) in [7, 11) is 0. The summed E-state index contributed by atoms with van der Waals surface area (Å²) in [5, 5.41) is 34.6. The second-order valence-electron chi connectivity index (χ2n) is 12.8. The van der Waals surface area contributed by atoms with Gasteiger partial charge < -0.3 is 25.8 Å². The van der Waals surface area contributed by atoms with Crippen molar-refractivity contribution in [2.75, 3.05) is 0 Å². The Kier molecular flexibility index (Phi) is 8.23. The third kappa shape index (κ3) is 5.17. The third-order valence-corrected chi connectivity index (χ3v) is 10.1. The van der Waals surface area contributed by atoms with E-state index in [2.05, 4.69) is 0 Å². The van der Waals surface area contributed by atoms with E-state index in [1.807, 2.05) is 19.9 Å². The number of ketones is 2. The summed E-state index contributed by atoms with van der Waals surface area (Å²) >= 11 is 0. The van der Waals surface area contributed by atoms with Gasteiger partial charge in [0.1, 0.15) is 29.4 Å². The number of primary amides is 1. The van der Waals surface area contributed by atoms with Crippen molar-refractivity contribution in [3.8, 4) is 16.9 Å². The Bertz CT molecular complexity index is 1880. The molecule has 5 atom stereocenters. The zero-order valence-corrected chi connectivity index (χ0v) is 26.2. The zero-order chi connectivity index (χ0) is 34.7. The van der Waals surface area contributed by atoms with Crippen LogP contribution in [0.3, 0.4) is 0 Å². The molecule has 0 bridgehead atoms. The number of phenols is 1. The number of aromatic hydroxyl groups is 1. The molecule has 3 aromatic rings. The molecule has 6 rings (SSSR count). The molecule has 0 spiro atoms. The number of aliphatic hydroxyl groups excluding tert-OH is 1. The minimum Gasteiger partial charge on any atom is -0.507 e. The fourth-order valence-corrected chi connectivity index (χ4v) is 7.62. The van der Waals surface area contributed by atoms with Crippen molar-refractivity contribution >= 4 is 23.2 Å². The van der Waals surface area contributed by atoms with Crippen molar-refractivity contribution in [2.45, 2.75) is 51.5 Å². The number of rotatable bonds is 7. The van der Waals surface area contributed by atoms with Gasteiger partial charge in [0.05, 0.1) is 11.1 Å². The minimum atomic E-state index is -4.54. The third-order valence-electron chi connectivity index (χ3n) is 10.1. The van der Waals surface area contributed by atoms with E-state index in [4.69, 9.17) is 10.5 Å². The van der Waals surface area contributed by atoms with Crippen LogP contribution >= 0.6 is 0 Å². The van der Waals surface area contributed by atoms with Crippen molar-refractivity contribution in [1.82, 2.24) is 0 Å². The summed E-state index contributed by atoms with van der Waals surface area (Å²) in [4.78, 5) is 41.3. The molecule has 1 fully saturated rings. The molecule has 0 aromatic heterocycles. The summed E-state index contributed by atoms with van der Waals surface area (Å²) < 4.78 is 46.0. The van der Waals surface area contributed by atoms with Crippen LogP contribution in [0.5, 0.6) is 5.75 Å². The first-order chi connectivity index (χ1) is 22.7. The number of Topliss-reactive ketones (excluding diaryl/α,β-unsaturated/α-hetero) is 2. The summed E-state index contributed by atoms with van der Waals surface area (Å²) in [6, 6.07) is 16.3. The van der Waals surface area contributed by atoms with E-state index in [0.717, 1.165) is 17.7 Å². The average Bonchev–Trinajstić information content (AvgIpc) is 3.05. The molecule has 1 saturated carbocycles. The number of fused-ring (bicyclic) bond motifs is 3. The lowest BCUT2D eigenvalue weighted by atomic mass is 9.53. The van der Waals surface area contributed by atoms with Crippen molar-refractivity contribution < 1.29 is 47.6 Å². The number of allylic oxidation sites excluding steroid dienone is 1. The van der Waals surface area contributed by atoms with E-state index in [9.17, 15) is 42.9 Å². The molecule has 0 heterocycles. The lowest BCUT2D eigenvalue weighted by Crippen LogP contribution is -2.64. The first kappa shape index (κ1) is 33.0. The zero-order valence-electron chi connectivity index (χ0n) is 26.2. The van der Waals surface area contributed by atoms with Crippen LogP contribution in [0, 0.1) is 23.7 Å². The highest BCUT2D eigenvalue weighted by Crippen LogP contribution is 2.56. The van der Waals surface area contributed by atoms with Crippen molar-refractivity contribution in [3.63, 3.8) is 0 Å². The number of nitrogens with two attached hydrogens (primary N) is 1. The minimum absolute atomic E-state index is 0.00382. The van der Waals surface area contributed by atoms with Crippen LogP contribution in [-0.2, 0) is 38.3 Å². The summed E-state index contributed by atoms with van der Waals surface area (Å²) in [6.45, 7) is 3.73. The molecular formula is C37H34F3NO7. The Morgan fingerprint density at radius 3 is 2.29 bits per heavy atom. The molecule has 1 amide bonds. The van der Waals surface area contributed by atoms with E-state index in [1.165, 1.54) is 24.3 Å². The fourth-order valence-electron chi connectivity index (χ4n) is 7.62. The first-order valence-corrected chi connectivity index (χ1v) is 15.7. The van der Waals surface area contributed by atoms with Crippen molar-refractivity contribution in [2.24, 2.45) is 29.4 Å². The predicted octanol–water partition coefficient (Wildman–Crippen LogP) is 6.04. The van der Waals surface area contributed by atoms with Gasteiger partial charge in [-0.1, -0.05) is 68.8 Å². The van der Waals surface area contributed by atoms with Crippen LogP contribution in [0.2, 0.25) is 0 Å². The molecule has 8 nitrogen and oxygen atoms in total. The first-order valence-electron chi connectivity index (χ1n) is 15.7. The maximum absolute atomic E-state index is 14.4. The molecule has 48 heavy (non-hydrogen) atoms. The molecule has 1 unspecified atom stereocenters. The highest BCUT2D eigenvalue weighted by molar-refractivity contribution is 6.32. The van der Waals surface area contributed by atoms with E-state index in [0.29, 0.717) is 23.1 Å². The van der Waals surface area contributed by atoms with Gasteiger partial charge in [-0.3, -0.25) is 14.4 Å². The normalized spacial score (nSPS) is 24.5. The van der Waals surface area contributed by atoms with E-state index in [-0.39, 0.29) is 42.3 Å². The Morgan fingerprint density at radius 2 is 1.69 bits per heavy atom. The molecule has 11 heteroatoms. The lowest BCUT2D eigenvalue weighted by Gasteiger charge is -2.50. The van der Waals surface area contributed by atoms with Crippen LogP contribution in [0.25, 0.3) is 16.9 Å². The fraction of sp³-hybridized carbons (Fsp3) is 0.324. The number of halogens is 3. The van der Waals surface area contributed by atoms with Gasteiger partial charge in [-0.05, 0) is 65.1 Å². The molecule has 5 N–H and O–H groups in total. The van der Waals surface area contributed by atoms with Crippen molar-refractivity contribution in [3.05, 3.63) is 106 Å². The number of amides is 1. The maximum atomic E-state index is 14.4. The van der Waals surface area contributed by atoms with Crippen LogP contribution in [0.15, 0.2) is 83.6 Å². The summed E-state index contributed by atoms with van der Waals surface area (Å²) in [5.74, 6) is -7.42. The molecule has 3 aromatic carbocycles. The highest BCUT2D eigenvalue weighted by Gasteiger charge is 2.65. The predicted molar refractivity (Wildman–Crippen MR) is 169 cm³/mol. The number of carbonyl (C=O) groups excluding carboxylic acids is 3. The van der Waals surface area contributed by atoms with Crippen LogP contribution in [0.1, 0.15) is 48.9 Å². The number of phenolic OH excluding ortho intramolecular Hbond substituents is 1. The van der Waals surface area contributed by atoms with Gasteiger partial charge in [-0.15, -0.1) is 0 Å². The quantitative estimate of drug-likeness (QED) is 0.178. The number of aliphatic hydroxyl groups is 2. The van der Waals surface area contributed by atoms with Gasteiger partial charge in [-0.25, -0.2) is 0 Å². The van der Waals surface area contributed by atoms with Crippen molar-refractivity contribution in [1.29, 1.82) is 0 Å². The Balaban J connectivity index is 1.48. The van der Waals surface area contributed by atoms with Gasteiger partial charge >= 0.3 is 6.18 Å². The second kappa shape index (κ2) is 12.0. The van der Waals surface area contributed by atoms with E-state index in [1.54, 1.807) is 24.3 Å². The largest absolute Gasteiger partial charge is 0.507 e. The molecule has 3 aliphatic rings. The molecule has 0 aliphatic heterocycles. The molecule has 250 valence electrons. The number of alkyl halides is 3. The number of hydrogen-bond donors (Lipinski definition) is 4. The van der Waals surface area contributed by atoms with Gasteiger partial charge in [0, 0.05) is 17.4 Å². The summed E-state index contributed by atoms with van der Waals surface area (Å²) in [6.07, 6.45) is -3.95. The standard InChI is InChI=1S/C37H34F3NO7/c1-3-18(2)27-25-16-21-15-24-23(20-9-11-22(12-10-20)37(38,39)40)13-14-26(42)29(24)31(43)28(21)33(44)36(25,47)34(45)30(35(41)46)32(27)48-17-19-7-5-4-6-8-19/h4-14,18,21,25,27,42-43,47H,3,15-17H2,1-2H3,(H2,41,46)/t18?,21-,25-,27-,36-/m0/s1. The highest BCUT2D eigenvalue weighted by atomic mass is 19.4. The molecule has 0 saturated heterocycles. The van der Waals surface area contributed by atoms with Gasteiger partial charge in [0.15, 0.2) is 5.60 Å². The van der Waals surface area contributed by atoms with Crippen LogP contribution < -0.4 is 5.73 Å². The van der Waals surface area contributed by atoms with E-state index < -0.39 is 69.6 Å². The lowest BCUT2D eigenvalue weighted by molar-refractivity contribution is -0.164. The van der Waals surface area contributed by atoms with E-state index >= 15 is 0 Å². The topological polar surface area (TPSA) is 147 Å². The average molecular weight is 662 g/mol. The van der Waals surface area contributed by atoms with Gasteiger partial charge in [0.25, 0.3) is 5.91 Å². The SMILES string of the molecule is CCC(C)[C@@H]1C(OCc2ccccc2)=C(C(N)=O)C(=O)[C@@]2(O)C(=O)C3=C(O)c4c(O)ccc(-c5ccc(C(F)(F)F)cc5)c4C[C@H]3C[C@@H]12. The Morgan fingerprint density at radius 1 is 1.02 bits per heavy atom. The maximum Gasteiger partial charge on any atom is 0.416 e. The van der Waals surface area contributed by atoms with Crippen LogP contribution in [0.4, 0.5) is 13.2 Å². The molecule has 0 radical (unpaired) electrons. The number of ether oxygens (including phenoxy) is 1. The number of benzene rings is 3. The Labute approximate surface area is 274 Å². The van der Waals surface area contributed by atoms with Gasteiger partial charge in [-0.2, -0.15) is 13.2 Å². The second-order valence-corrected chi connectivity index (χ2v) is 12.8. The molecular weight excluding hydrogens is 627 g/mol. The Hall–Kier alpha value is -4.90. The number of carbonyl (C=O) groups is 3. The van der Waals surface area contributed by atoms with Gasteiger partial charge in [0.2, 0.25) is 11.6 Å².